The molecule has 0 rings (SSSR count). The molecule has 0 amide bonds. The van der Waals surface area contributed by atoms with Gasteiger partial charge in [-0.15, -0.1) is 11.5 Å². The van der Waals surface area contributed by atoms with E-state index in [1.54, 1.807) is 0 Å². The molecule has 8 heavy (non-hydrogen) atoms. The van der Waals surface area contributed by atoms with Gasteiger partial charge >= 0.3 is 0 Å². The van der Waals surface area contributed by atoms with Crippen LogP contribution in [0.5, 0.6) is 0 Å². The van der Waals surface area contributed by atoms with E-state index in [1.165, 1.54) is 0 Å². The van der Waals surface area contributed by atoms with Gasteiger partial charge in [-0.3, -0.25) is 0 Å². The van der Waals surface area contributed by atoms with Crippen LogP contribution in [0.2, 0.25) is 0 Å². The number of hydrogen-bond acceptors (Lipinski definition) is 2. The lowest BCUT2D eigenvalue weighted by atomic mass is 10.6. The molecular weight excluding hydrogens is 100 g/mol. The molecule has 0 unspecified atom stereocenters. The Bertz CT molecular complexity index is 223. The summed E-state index contributed by atoms with van der Waals surface area (Å²) in [5, 5.41) is 2.73. The standard InChI is InChI=1S/C6H2N2/c1-2-3-4-5-6-8-7/h1,7H. The van der Waals surface area contributed by atoms with E-state index < -0.39 is 0 Å². The Balaban J connectivity index is 3.79. The second kappa shape index (κ2) is 5.28. The van der Waals surface area contributed by atoms with Gasteiger partial charge in [0, 0.05) is 11.8 Å². The molecule has 0 aliphatic carbocycles. The molecule has 0 fully saturated rings. The average Bonchev–Trinajstić information content (AvgIpc) is 1.81. The van der Waals surface area contributed by atoms with Crippen LogP contribution < -0.4 is 0 Å². The molecule has 0 heterocycles. The van der Waals surface area contributed by atoms with Gasteiger partial charge < -0.3 is 0 Å². The molecule has 0 bridgehead atoms. The highest BCUT2D eigenvalue weighted by molar-refractivity contribution is 5.33. The quantitative estimate of drug-likeness (QED) is 0.344. The highest BCUT2D eigenvalue weighted by Crippen LogP contribution is 1.54. The number of rotatable bonds is 0. The predicted molar refractivity (Wildman–Crippen MR) is 29.5 cm³/mol. The van der Waals surface area contributed by atoms with Crippen LogP contribution in [-0.4, -0.2) is 0 Å². The number of terminal acetylenes is 1. The van der Waals surface area contributed by atoms with Crippen molar-refractivity contribution in [3.8, 4) is 36.1 Å². The predicted octanol–water partition coefficient (Wildman–Crippen LogP) is 0.615. The van der Waals surface area contributed by atoms with Gasteiger partial charge in [0.1, 0.15) is 0 Å². The van der Waals surface area contributed by atoms with Crippen LogP contribution in [0, 0.1) is 41.7 Å². The van der Waals surface area contributed by atoms with Gasteiger partial charge in [0.15, 0.2) is 0 Å². The van der Waals surface area contributed by atoms with E-state index in [2.05, 4.69) is 34.8 Å². The topological polar surface area (TPSA) is 36.2 Å². The van der Waals surface area contributed by atoms with Crippen molar-refractivity contribution in [2.24, 2.45) is 5.11 Å². The fraction of sp³-hybridized carbons (Fsp3) is 0. The third-order valence-corrected chi connectivity index (χ3v) is 0.309. The van der Waals surface area contributed by atoms with Crippen molar-refractivity contribution < 1.29 is 0 Å². The van der Waals surface area contributed by atoms with E-state index in [1.807, 2.05) is 0 Å². The van der Waals surface area contributed by atoms with Gasteiger partial charge in [0.25, 0.3) is 0 Å². The molecule has 36 valence electrons. The van der Waals surface area contributed by atoms with Crippen molar-refractivity contribution in [1.82, 2.24) is 0 Å². The van der Waals surface area contributed by atoms with E-state index >= 15 is 0 Å². The fourth-order valence-corrected chi connectivity index (χ4v) is 0.123. The van der Waals surface area contributed by atoms with Crippen molar-refractivity contribution in [2.45, 2.75) is 0 Å². The number of nitrogens with one attached hydrogen (secondary N) is 1. The van der Waals surface area contributed by atoms with Crippen LogP contribution in [0.4, 0.5) is 0 Å². The Morgan fingerprint density at radius 1 is 1.25 bits per heavy atom. The summed E-state index contributed by atoms with van der Waals surface area (Å²) in [7, 11) is 0. The van der Waals surface area contributed by atoms with Crippen LogP contribution in [0.25, 0.3) is 0 Å². The first-order valence-electron chi connectivity index (χ1n) is 1.74. The van der Waals surface area contributed by atoms with Crippen molar-refractivity contribution in [2.75, 3.05) is 0 Å². The SMILES string of the molecule is C#CC#CC#CN=N. The zero-order valence-electron chi connectivity index (χ0n) is 4.02. The van der Waals surface area contributed by atoms with Gasteiger partial charge in [0.2, 0.25) is 0 Å². The maximum atomic E-state index is 6.17. The number of hydrogen-bond donors (Lipinski definition) is 1. The molecule has 0 atom stereocenters. The summed E-state index contributed by atoms with van der Waals surface area (Å²) < 4.78 is 0. The summed E-state index contributed by atoms with van der Waals surface area (Å²) in [5.74, 6) is 8.81. The van der Waals surface area contributed by atoms with E-state index in [4.69, 9.17) is 12.0 Å². The summed E-state index contributed by atoms with van der Waals surface area (Å²) in [6, 6.07) is 2.06. The minimum atomic E-state index is 2.06. The zero-order valence-corrected chi connectivity index (χ0v) is 4.02. The number of nitrogens with zero attached hydrogens (tertiary/aromatic N) is 1. The molecule has 0 aliphatic heterocycles. The highest BCUT2D eigenvalue weighted by atomic mass is 14.9. The summed E-state index contributed by atoms with van der Waals surface area (Å²) in [4.78, 5) is 0. The van der Waals surface area contributed by atoms with Gasteiger partial charge in [-0.2, -0.15) is 5.53 Å². The summed E-state index contributed by atoms with van der Waals surface area (Å²) >= 11 is 0. The maximum Gasteiger partial charge on any atom is 0.0712 e. The molecule has 0 saturated heterocycles. The maximum absolute atomic E-state index is 6.17. The summed E-state index contributed by atoms with van der Waals surface area (Å²) in [5.41, 5.74) is 6.17. The Labute approximate surface area is 47.8 Å². The lowest BCUT2D eigenvalue weighted by molar-refractivity contribution is 1.18. The highest BCUT2D eigenvalue weighted by Gasteiger charge is 1.50. The monoisotopic (exact) mass is 102 g/mol. The van der Waals surface area contributed by atoms with Crippen molar-refractivity contribution in [3.63, 3.8) is 0 Å². The normalized spacial score (nSPS) is 3.88. The summed E-state index contributed by atoms with van der Waals surface area (Å²) in [6.07, 6.45) is 4.74. The Morgan fingerprint density at radius 3 is 2.50 bits per heavy atom. The molecule has 0 radical (unpaired) electrons. The van der Waals surface area contributed by atoms with Crippen molar-refractivity contribution in [1.29, 1.82) is 5.53 Å². The smallest absolute Gasteiger partial charge is 0.0712 e. The average molecular weight is 102 g/mol. The third kappa shape index (κ3) is 4.28. The van der Waals surface area contributed by atoms with Gasteiger partial charge in [-0.05, 0) is 11.8 Å². The first-order valence-corrected chi connectivity index (χ1v) is 1.74. The van der Waals surface area contributed by atoms with Crippen LogP contribution in [0.3, 0.4) is 0 Å². The minimum Gasteiger partial charge on any atom is -0.195 e. The molecule has 2 nitrogen and oxygen atoms in total. The Hall–Kier alpha value is -1.72. The third-order valence-electron chi connectivity index (χ3n) is 0.309. The fourth-order valence-electron chi connectivity index (χ4n) is 0.123. The van der Waals surface area contributed by atoms with Crippen LogP contribution >= 0.6 is 0 Å². The lowest BCUT2D eigenvalue weighted by Crippen LogP contribution is -1.47. The second-order valence-electron chi connectivity index (χ2n) is 0.743. The molecule has 0 aromatic carbocycles. The van der Waals surface area contributed by atoms with Gasteiger partial charge in [-0.25, -0.2) is 0 Å². The van der Waals surface area contributed by atoms with Gasteiger partial charge in [0.05, 0.1) is 6.04 Å². The van der Waals surface area contributed by atoms with Crippen LogP contribution in [-0.2, 0) is 0 Å². The lowest BCUT2D eigenvalue weighted by Gasteiger charge is -1.51. The summed E-state index contributed by atoms with van der Waals surface area (Å²) in [6.45, 7) is 0. The minimum absolute atomic E-state index is 2.06. The van der Waals surface area contributed by atoms with Crippen molar-refractivity contribution in [3.05, 3.63) is 0 Å². The molecule has 0 saturated carbocycles. The van der Waals surface area contributed by atoms with Gasteiger partial charge in [-0.1, -0.05) is 0 Å². The second-order valence-corrected chi connectivity index (χ2v) is 0.743. The Kier molecular flexibility index (Phi) is 4.14. The van der Waals surface area contributed by atoms with E-state index in [9.17, 15) is 0 Å². The zero-order chi connectivity index (χ0) is 6.24. The molecule has 0 aliphatic rings. The van der Waals surface area contributed by atoms with Crippen LogP contribution in [0.1, 0.15) is 0 Å². The first kappa shape index (κ1) is 6.28. The van der Waals surface area contributed by atoms with Crippen molar-refractivity contribution >= 4 is 0 Å². The molecular formula is C6H2N2. The first-order chi connectivity index (χ1) is 3.91. The molecule has 0 aromatic heterocycles. The molecule has 1 N–H and O–H groups in total. The van der Waals surface area contributed by atoms with E-state index in [0.717, 1.165) is 0 Å². The van der Waals surface area contributed by atoms with Crippen LogP contribution in [0.15, 0.2) is 5.11 Å². The van der Waals surface area contributed by atoms with E-state index in [-0.39, 0.29) is 0 Å². The Morgan fingerprint density at radius 2 is 2.00 bits per heavy atom. The molecule has 0 spiro atoms. The van der Waals surface area contributed by atoms with E-state index in [0.29, 0.717) is 0 Å². The largest absolute Gasteiger partial charge is 0.195 e. The molecule has 2 heteroatoms. The molecule has 0 aromatic rings.